The van der Waals surface area contributed by atoms with E-state index in [4.69, 9.17) is 0 Å². The first-order chi connectivity index (χ1) is 9.99. The summed E-state index contributed by atoms with van der Waals surface area (Å²) in [5.41, 5.74) is 1.62. The molecule has 1 aromatic carbocycles. The Labute approximate surface area is 125 Å². The number of carboxylic acids is 1. The number of amides is 1. The third kappa shape index (κ3) is 3.74. The standard InChI is InChI=1S/C16H22N2O3/c1-17(2)13-7-5-6-12(10-13)14(16(20)21)11-15(19)18-8-3-4-9-18/h5-7,10,14H,3-4,8-9,11H2,1-2H3,(H,20,21). The van der Waals surface area contributed by atoms with Crippen LogP contribution in [-0.4, -0.2) is 49.1 Å². The average Bonchev–Trinajstić information content (AvgIpc) is 2.98. The highest BCUT2D eigenvalue weighted by Gasteiger charge is 2.27. The van der Waals surface area contributed by atoms with Crippen LogP contribution >= 0.6 is 0 Å². The summed E-state index contributed by atoms with van der Waals surface area (Å²) in [6.07, 6.45) is 2.06. The number of carboxylic acid groups (broad SMARTS) is 1. The largest absolute Gasteiger partial charge is 0.481 e. The van der Waals surface area contributed by atoms with E-state index in [0.717, 1.165) is 31.6 Å². The molecule has 0 bridgehead atoms. The van der Waals surface area contributed by atoms with E-state index in [0.29, 0.717) is 5.56 Å². The second kappa shape index (κ2) is 6.61. The Hall–Kier alpha value is -2.04. The number of carbonyl (C=O) groups is 2. The van der Waals surface area contributed by atoms with E-state index in [-0.39, 0.29) is 12.3 Å². The van der Waals surface area contributed by atoms with Gasteiger partial charge in [-0.15, -0.1) is 0 Å². The fourth-order valence-electron chi connectivity index (χ4n) is 2.64. The molecule has 1 unspecified atom stereocenters. The molecule has 1 aromatic rings. The molecule has 114 valence electrons. The predicted molar refractivity (Wildman–Crippen MR) is 81.6 cm³/mol. The zero-order chi connectivity index (χ0) is 15.4. The van der Waals surface area contributed by atoms with Gasteiger partial charge >= 0.3 is 5.97 Å². The molecule has 1 heterocycles. The van der Waals surface area contributed by atoms with Crippen molar-refractivity contribution < 1.29 is 14.7 Å². The van der Waals surface area contributed by atoms with Crippen LogP contribution in [0.25, 0.3) is 0 Å². The molecule has 5 heteroatoms. The molecular formula is C16H22N2O3. The van der Waals surface area contributed by atoms with Crippen LogP contribution in [0.3, 0.4) is 0 Å². The Balaban J connectivity index is 2.16. The summed E-state index contributed by atoms with van der Waals surface area (Å²) in [5.74, 6) is -1.79. The lowest BCUT2D eigenvalue weighted by Gasteiger charge is -2.20. The van der Waals surface area contributed by atoms with E-state index in [1.54, 1.807) is 11.0 Å². The van der Waals surface area contributed by atoms with Crippen molar-refractivity contribution >= 4 is 17.6 Å². The van der Waals surface area contributed by atoms with Crippen LogP contribution in [0, 0.1) is 0 Å². The lowest BCUT2D eigenvalue weighted by atomic mass is 9.94. The van der Waals surface area contributed by atoms with Crippen molar-refractivity contribution in [1.82, 2.24) is 4.90 Å². The molecule has 21 heavy (non-hydrogen) atoms. The normalized spacial score (nSPS) is 15.8. The number of nitrogens with zero attached hydrogens (tertiary/aromatic N) is 2. The minimum Gasteiger partial charge on any atom is -0.481 e. The number of carbonyl (C=O) groups excluding carboxylic acids is 1. The van der Waals surface area contributed by atoms with Crippen molar-refractivity contribution in [2.24, 2.45) is 0 Å². The van der Waals surface area contributed by atoms with Crippen molar-refractivity contribution in [2.75, 3.05) is 32.1 Å². The third-order valence-electron chi connectivity index (χ3n) is 3.92. The zero-order valence-corrected chi connectivity index (χ0v) is 12.6. The maximum absolute atomic E-state index is 12.2. The number of aliphatic carboxylic acids is 1. The number of hydrogen-bond donors (Lipinski definition) is 1. The van der Waals surface area contributed by atoms with Crippen LogP contribution in [0.1, 0.15) is 30.7 Å². The molecule has 1 N–H and O–H groups in total. The van der Waals surface area contributed by atoms with E-state index in [1.165, 1.54) is 0 Å². The maximum atomic E-state index is 12.2. The maximum Gasteiger partial charge on any atom is 0.311 e. The first kappa shape index (κ1) is 15.4. The van der Waals surface area contributed by atoms with Crippen LogP contribution in [-0.2, 0) is 9.59 Å². The number of hydrogen-bond acceptors (Lipinski definition) is 3. The Bertz CT molecular complexity index is 522. The average molecular weight is 290 g/mol. The molecule has 0 spiro atoms. The van der Waals surface area contributed by atoms with E-state index < -0.39 is 11.9 Å². The van der Waals surface area contributed by atoms with Crippen LogP contribution in [0.2, 0.25) is 0 Å². The Morgan fingerprint density at radius 1 is 1.29 bits per heavy atom. The summed E-state index contributed by atoms with van der Waals surface area (Å²) in [7, 11) is 3.81. The molecule has 1 amide bonds. The second-order valence-electron chi connectivity index (χ2n) is 5.67. The van der Waals surface area contributed by atoms with Gasteiger partial charge in [0.05, 0.1) is 5.92 Å². The number of anilines is 1. The van der Waals surface area contributed by atoms with Gasteiger partial charge in [0.25, 0.3) is 0 Å². The van der Waals surface area contributed by atoms with E-state index in [9.17, 15) is 14.7 Å². The molecule has 1 saturated heterocycles. The molecule has 0 aromatic heterocycles. The minimum absolute atomic E-state index is 0.0339. The van der Waals surface area contributed by atoms with Crippen molar-refractivity contribution in [3.63, 3.8) is 0 Å². The summed E-state index contributed by atoms with van der Waals surface area (Å²) in [5, 5.41) is 9.46. The van der Waals surface area contributed by atoms with Crippen LogP contribution in [0.15, 0.2) is 24.3 Å². The van der Waals surface area contributed by atoms with Crippen molar-refractivity contribution in [3.05, 3.63) is 29.8 Å². The van der Waals surface area contributed by atoms with Gasteiger partial charge in [-0.2, -0.15) is 0 Å². The Morgan fingerprint density at radius 3 is 2.52 bits per heavy atom. The van der Waals surface area contributed by atoms with Gasteiger partial charge in [0.15, 0.2) is 0 Å². The monoisotopic (exact) mass is 290 g/mol. The predicted octanol–water partition coefficient (Wildman–Crippen LogP) is 1.93. The van der Waals surface area contributed by atoms with E-state index in [2.05, 4.69) is 0 Å². The smallest absolute Gasteiger partial charge is 0.311 e. The summed E-state index contributed by atoms with van der Waals surface area (Å²) in [6, 6.07) is 7.38. The van der Waals surface area contributed by atoms with Gasteiger partial charge in [-0.3, -0.25) is 9.59 Å². The van der Waals surface area contributed by atoms with Crippen molar-refractivity contribution in [2.45, 2.75) is 25.2 Å². The number of likely N-dealkylation sites (tertiary alicyclic amines) is 1. The lowest BCUT2D eigenvalue weighted by Crippen LogP contribution is -2.30. The fraction of sp³-hybridized carbons (Fsp3) is 0.500. The highest BCUT2D eigenvalue weighted by molar-refractivity contribution is 5.86. The Kier molecular flexibility index (Phi) is 4.83. The first-order valence-electron chi connectivity index (χ1n) is 7.27. The molecule has 1 aliphatic heterocycles. The fourth-order valence-corrected chi connectivity index (χ4v) is 2.64. The molecule has 0 radical (unpaired) electrons. The van der Waals surface area contributed by atoms with Gasteiger partial charge in [0.1, 0.15) is 0 Å². The summed E-state index contributed by atoms with van der Waals surface area (Å²) < 4.78 is 0. The highest BCUT2D eigenvalue weighted by Crippen LogP contribution is 2.25. The highest BCUT2D eigenvalue weighted by atomic mass is 16.4. The van der Waals surface area contributed by atoms with Crippen molar-refractivity contribution in [1.29, 1.82) is 0 Å². The van der Waals surface area contributed by atoms with Gasteiger partial charge in [-0.1, -0.05) is 12.1 Å². The first-order valence-corrected chi connectivity index (χ1v) is 7.27. The minimum atomic E-state index is -0.946. The van der Waals surface area contributed by atoms with Crippen LogP contribution in [0.4, 0.5) is 5.69 Å². The quantitative estimate of drug-likeness (QED) is 0.900. The molecular weight excluding hydrogens is 268 g/mol. The molecule has 0 aliphatic carbocycles. The molecule has 0 saturated carbocycles. The summed E-state index contributed by atoms with van der Waals surface area (Å²) >= 11 is 0. The number of rotatable bonds is 5. The topological polar surface area (TPSA) is 60.9 Å². The Morgan fingerprint density at radius 2 is 1.95 bits per heavy atom. The van der Waals surface area contributed by atoms with Gasteiger partial charge in [-0.05, 0) is 30.5 Å². The van der Waals surface area contributed by atoms with E-state index in [1.807, 2.05) is 37.2 Å². The van der Waals surface area contributed by atoms with Crippen LogP contribution < -0.4 is 4.90 Å². The molecule has 1 aliphatic rings. The zero-order valence-electron chi connectivity index (χ0n) is 12.6. The second-order valence-corrected chi connectivity index (χ2v) is 5.67. The van der Waals surface area contributed by atoms with E-state index >= 15 is 0 Å². The number of benzene rings is 1. The van der Waals surface area contributed by atoms with Gasteiger partial charge < -0.3 is 14.9 Å². The van der Waals surface area contributed by atoms with Crippen molar-refractivity contribution in [3.8, 4) is 0 Å². The van der Waals surface area contributed by atoms with Crippen LogP contribution in [0.5, 0.6) is 0 Å². The molecule has 1 atom stereocenters. The van der Waals surface area contributed by atoms with Gasteiger partial charge in [0, 0.05) is 39.3 Å². The molecule has 1 fully saturated rings. The lowest BCUT2D eigenvalue weighted by molar-refractivity contribution is -0.142. The molecule has 5 nitrogen and oxygen atoms in total. The SMILES string of the molecule is CN(C)c1cccc(C(CC(=O)N2CCCC2)C(=O)O)c1. The third-order valence-corrected chi connectivity index (χ3v) is 3.92. The van der Waals surface area contributed by atoms with Gasteiger partial charge in [-0.25, -0.2) is 0 Å². The molecule has 2 rings (SSSR count). The summed E-state index contributed by atoms with van der Waals surface area (Å²) in [4.78, 5) is 27.4. The van der Waals surface area contributed by atoms with Gasteiger partial charge in [0.2, 0.25) is 5.91 Å². The summed E-state index contributed by atoms with van der Waals surface area (Å²) in [6.45, 7) is 1.51.